The zero-order chi connectivity index (χ0) is 14.8. The minimum Gasteiger partial charge on any atom is -0.459 e. The molecule has 0 unspecified atom stereocenters. The summed E-state index contributed by atoms with van der Waals surface area (Å²) < 4.78 is 7.36. The van der Waals surface area contributed by atoms with Gasteiger partial charge in [-0.2, -0.15) is 0 Å². The van der Waals surface area contributed by atoms with Crippen LogP contribution in [0, 0.1) is 0 Å². The van der Waals surface area contributed by atoms with E-state index in [9.17, 15) is 4.79 Å². The van der Waals surface area contributed by atoms with Crippen LogP contribution >= 0.6 is 23.1 Å². The molecule has 2 aromatic rings. The number of imidazole rings is 1. The highest BCUT2D eigenvalue weighted by molar-refractivity contribution is 7.99. The van der Waals surface area contributed by atoms with E-state index in [1.165, 1.54) is 11.8 Å². The van der Waals surface area contributed by atoms with Gasteiger partial charge in [0, 0.05) is 18.1 Å². The van der Waals surface area contributed by atoms with Gasteiger partial charge in [-0.15, -0.1) is 11.3 Å². The number of carbonyl (C=O) groups is 1. The lowest BCUT2D eigenvalue weighted by atomic mass is 10.2. The highest BCUT2D eigenvalue weighted by Gasteiger charge is 2.19. The van der Waals surface area contributed by atoms with Gasteiger partial charge in [0.15, 0.2) is 4.96 Å². The average molecular weight is 313 g/mol. The summed E-state index contributed by atoms with van der Waals surface area (Å²) in [6.45, 7) is 6.33. The van der Waals surface area contributed by atoms with Crippen LogP contribution in [0.2, 0.25) is 0 Å². The van der Waals surface area contributed by atoms with Crippen molar-refractivity contribution in [1.29, 1.82) is 0 Å². The minimum absolute atomic E-state index is 0.214. The van der Waals surface area contributed by atoms with E-state index in [2.05, 4.69) is 14.7 Å². The van der Waals surface area contributed by atoms with E-state index in [0.717, 1.165) is 15.7 Å². The van der Waals surface area contributed by atoms with Crippen molar-refractivity contribution in [3.63, 3.8) is 0 Å². The van der Waals surface area contributed by atoms with E-state index in [1.54, 1.807) is 11.3 Å². The Morgan fingerprint density at radius 2 is 2.30 bits per heavy atom. The topological polar surface area (TPSA) is 55.6 Å². The molecule has 0 spiro atoms. The zero-order valence-corrected chi connectivity index (χ0v) is 13.7. The van der Waals surface area contributed by atoms with Crippen molar-refractivity contribution >= 4 is 34.0 Å². The Morgan fingerprint density at radius 1 is 1.55 bits per heavy atom. The molecule has 0 aromatic carbocycles. The molecule has 1 N–H and O–H groups in total. The number of aromatic nitrogens is 2. The first-order valence-electron chi connectivity index (χ1n) is 6.34. The molecular formula is C13H19N3O2S2. The molecule has 110 valence electrons. The Morgan fingerprint density at radius 3 is 2.95 bits per heavy atom. The van der Waals surface area contributed by atoms with Crippen LogP contribution in [0.25, 0.3) is 4.96 Å². The van der Waals surface area contributed by atoms with E-state index in [0.29, 0.717) is 6.54 Å². The maximum atomic E-state index is 11.8. The quantitative estimate of drug-likeness (QED) is 0.679. The first-order valence-corrected chi connectivity index (χ1v) is 8.21. The van der Waals surface area contributed by atoms with E-state index in [1.807, 2.05) is 39.4 Å². The van der Waals surface area contributed by atoms with Crippen molar-refractivity contribution in [3.05, 3.63) is 17.3 Å². The van der Waals surface area contributed by atoms with Gasteiger partial charge in [-0.1, -0.05) is 11.8 Å². The van der Waals surface area contributed by atoms with Crippen LogP contribution in [0.15, 0.2) is 16.6 Å². The van der Waals surface area contributed by atoms with Gasteiger partial charge in [0.05, 0.1) is 11.4 Å². The van der Waals surface area contributed by atoms with Gasteiger partial charge in [0.2, 0.25) is 0 Å². The fourth-order valence-electron chi connectivity index (χ4n) is 1.75. The van der Waals surface area contributed by atoms with E-state index in [4.69, 9.17) is 4.74 Å². The Hall–Kier alpha value is -1.05. The molecule has 2 heterocycles. The predicted octanol–water partition coefficient (Wildman–Crippen LogP) is 2.55. The number of fused-ring (bicyclic) bond motifs is 1. The molecule has 2 rings (SSSR count). The molecule has 0 radical (unpaired) electrons. The van der Waals surface area contributed by atoms with Crippen LogP contribution in [0.4, 0.5) is 0 Å². The van der Waals surface area contributed by atoms with Gasteiger partial charge in [0.25, 0.3) is 0 Å². The van der Waals surface area contributed by atoms with Crippen LogP contribution in [0.3, 0.4) is 0 Å². The van der Waals surface area contributed by atoms with Crippen molar-refractivity contribution in [2.45, 2.75) is 37.9 Å². The average Bonchev–Trinajstić information content (AvgIpc) is 2.87. The number of nitrogens with one attached hydrogen (secondary N) is 1. The van der Waals surface area contributed by atoms with Gasteiger partial charge in [0.1, 0.15) is 10.6 Å². The Kier molecular flexibility index (Phi) is 4.72. The van der Waals surface area contributed by atoms with Gasteiger partial charge in [-0.3, -0.25) is 9.20 Å². The highest BCUT2D eigenvalue weighted by atomic mass is 32.2. The van der Waals surface area contributed by atoms with Gasteiger partial charge in [-0.05, 0) is 27.8 Å². The summed E-state index contributed by atoms with van der Waals surface area (Å²) >= 11 is 3.01. The summed E-state index contributed by atoms with van der Waals surface area (Å²) in [5.74, 6) is 0.0630. The SMILES string of the molecule is CNCc1c(SCC(=O)OC(C)(C)C)nc2sccn12. The van der Waals surface area contributed by atoms with Crippen LogP contribution in [0.5, 0.6) is 0 Å². The number of thioether (sulfide) groups is 1. The second-order valence-electron chi connectivity index (χ2n) is 5.32. The van der Waals surface area contributed by atoms with Crippen molar-refractivity contribution < 1.29 is 9.53 Å². The number of hydrogen-bond donors (Lipinski definition) is 1. The fourth-order valence-corrected chi connectivity index (χ4v) is 3.35. The standard InChI is InChI=1S/C13H19N3O2S2/c1-13(2,3)18-10(17)8-20-11-9(7-14-4)16-5-6-19-12(16)15-11/h5-6,14H,7-8H2,1-4H3. The number of rotatable bonds is 5. The van der Waals surface area contributed by atoms with Crippen molar-refractivity contribution in [2.24, 2.45) is 0 Å². The van der Waals surface area contributed by atoms with E-state index >= 15 is 0 Å². The maximum Gasteiger partial charge on any atom is 0.316 e. The molecule has 20 heavy (non-hydrogen) atoms. The van der Waals surface area contributed by atoms with Gasteiger partial charge in [-0.25, -0.2) is 4.98 Å². The molecule has 2 aromatic heterocycles. The summed E-state index contributed by atoms with van der Waals surface area (Å²) in [4.78, 5) is 17.3. The lowest BCUT2D eigenvalue weighted by molar-refractivity contribution is -0.151. The molecule has 7 heteroatoms. The van der Waals surface area contributed by atoms with Crippen molar-refractivity contribution in [2.75, 3.05) is 12.8 Å². The number of esters is 1. The lowest BCUT2D eigenvalue weighted by Crippen LogP contribution is -2.25. The molecule has 5 nitrogen and oxygen atoms in total. The third kappa shape index (κ3) is 3.74. The molecule has 0 saturated heterocycles. The molecular weight excluding hydrogens is 294 g/mol. The molecule has 0 aliphatic carbocycles. The van der Waals surface area contributed by atoms with Gasteiger partial charge >= 0.3 is 5.97 Å². The summed E-state index contributed by atoms with van der Waals surface area (Å²) in [6, 6.07) is 0. The van der Waals surface area contributed by atoms with Crippen LogP contribution in [0.1, 0.15) is 26.5 Å². The smallest absolute Gasteiger partial charge is 0.316 e. The summed E-state index contributed by atoms with van der Waals surface area (Å²) in [6.07, 6.45) is 2.00. The largest absolute Gasteiger partial charge is 0.459 e. The normalized spacial score (nSPS) is 12.0. The third-order valence-electron chi connectivity index (χ3n) is 2.42. The molecule has 0 aliphatic rings. The first-order chi connectivity index (χ1) is 9.40. The predicted molar refractivity (Wildman–Crippen MR) is 82.4 cm³/mol. The van der Waals surface area contributed by atoms with Crippen LogP contribution < -0.4 is 5.32 Å². The fraction of sp³-hybridized carbons (Fsp3) is 0.538. The third-order valence-corrected chi connectivity index (χ3v) is 4.15. The van der Waals surface area contributed by atoms with Crippen molar-refractivity contribution in [3.8, 4) is 0 Å². The number of hydrogen-bond acceptors (Lipinski definition) is 6. The molecule has 0 amide bonds. The maximum absolute atomic E-state index is 11.8. The van der Waals surface area contributed by atoms with E-state index in [-0.39, 0.29) is 11.7 Å². The number of nitrogens with zero attached hydrogens (tertiary/aromatic N) is 2. The first kappa shape index (κ1) is 15.3. The Bertz CT molecular complexity index is 598. The number of carbonyl (C=O) groups excluding carboxylic acids is 1. The number of ether oxygens (including phenoxy) is 1. The van der Waals surface area contributed by atoms with E-state index < -0.39 is 5.60 Å². The second kappa shape index (κ2) is 6.15. The summed E-state index contributed by atoms with van der Waals surface area (Å²) in [5, 5.41) is 6.02. The van der Waals surface area contributed by atoms with Crippen LogP contribution in [-0.2, 0) is 16.1 Å². The zero-order valence-electron chi connectivity index (χ0n) is 12.1. The Labute approximate surface area is 126 Å². The van der Waals surface area contributed by atoms with Crippen LogP contribution in [-0.4, -0.2) is 33.8 Å². The van der Waals surface area contributed by atoms with Crippen molar-refractivity contribution in [1.82, 2.24) is 14.7 Å². The number of thiazole rings is 1. The monoisotopic (exact) mass is 313 g/mol. The minimum atomic E-state index is -0.444. The molecule has 0 aliphatic heterocycles. The van der Waals surface area contributed by atoms with Gasteiger partial charge < -0.3 is 10.1 Å². The summed E-state index contributed by atoms with van der Waals surface area (Å²) in [7, 11) is 1.90. The lowest BCUT2D eigenvalue weighted by Gasteiger charge is -2.19. The molecule has 0 atom stereocenters. The summed E-state index contributed by atoms with van der Waals surface area (Å²) in [5.41, 5.74) is 0.636. The second-order valence-corrected chi connectivity index (χ2v) is 7.16. The highest BCUT2D eigenvalue weighted by Crippen LogP contribution is 2.26. The molecule has 0 bridgehead atoms. The molecule has 0 fully saturated rings. The molecule has 0 saturated carbocycles. The Balaban J connectivity index is 2.07.